The van der Waals surface area contributed by atoms with E-state index in [0.29, 0.717) is 0 Å². The van der Waals surface area contributed by atoms with Gasteiger partial charge in [-0.1, -0.05) is 31.2 Å². The monoisotopic (exact) mass is 347 g/mol. The molecule has 0 spiro atoms. The Hall–Kier alpha value is -2.06. The van der Waals surface area contributed by atoms with Gasteiger partial charge in [0.25, 0.3) is 0 Å². The molecule has 2 heteroatoms. The van der Waals surface area contributed by atoms with Crippen molar-refractivity contribution in [2.24, 2.45) is 0 Å². The molecule has 2 aliphatic rings. The molecule has 2 heterocycles. The van der Waals surface area contributed by atoms with Crippen LogP contribution in [0.15, 0.2) is 30.3 Å². The Morgan fingerprint density at radius 3 is 2.58 bits per heavy atom. The van der Waals surface area contributed by atoms with E-state index < -0.39 is 0 Å². The first-order valence-electron chi connectivity index (χ1n) is 9.42. The molecule has 0 saturated carbocycles. The number of rotatable bonds is 1. The maximum absolute atomic E-state index is 5.65. The largest absolute Gasteiger partial charge is 0.496 e. The van der Waals surface area contributed by atoms with E-state index in [1.54, 1.807) is 12.7 Å². The molecule has 2 nitrogen and oxygen atoms in total. The molecule has 0 amide bonds. The van der Waals surface area contributed by atoms with Crippen molar-refractivity contribution in [2.75, 3.05) is 13.7 Å². The third-order valence-electron chi connectivity index (χ3n) is 6.31. The molecule has 0 aromatic heterocycles. The molecule has 3 aromatic carbocycles. The molecule has 0 bridgehead atoms. The molecule has 0 aliphatic carbocycles. The molecule has 136 valence electrons. The fourth-order valence-electron chi connectivity index (χ4n) is 5.04. The van der Waals surface area contributed by atoms with Crippen LogP contribution in [-0.2, 0) is 13.0 Å². The highest BCUT2D eigenvalue weighted by Crippen LogP contribution is 2.41. The second-order valence-electron chi connectivity index (χ2n) is 7.84. The summed E-state index contributed by atoms with van der Waals surface area (Å²) < 4.78 is 5.65. The van der Waals surface area contributed by atoms with Gasteiger partial charge in [-0.25, -0.2) is 0 Å². The first kappa shape index (κ1) is 17.4. The fourth-order valence-corrected chi connectivity index (χ4v) is 5.04. The highest BCUT2D eigenvalue weighted by molar-refractivity contribution is 6.11. The van der Waals surface area contributed by atoms with Crippen LogP contribution in [0.25, 0.3) is 21.5 Å². The van der Waals surface area contributed by atoms with Crippen LogP contribution in [0.2, 0.25) is 0 Å². The average molecular weight is 348 g/mol. The lowest BCUT2D eigenvalue weighted by Crippen LogP contribution is -2.35. The van der Waals surface area contributed by atoms with E-state index in [4.69, 9.17) is 4.74 Å². The van der Waals surface area contributed by atoms with Gasteiger partial charge in [-0.15, -0.1) is 0 Å². The summed E-state index contributed by atoms with van der Waals surface area (Å²) in [6, 6.07) is 12.3. The van der Waals surface area contributed by atoms with Crippen molar-refractivity contribution in [3.05, 3.63) is 52.6 Å². The normalized spacial score (nSPS) is 19.3. The van der Waals surface area contributed by atoms with Crippen LogP contribution in [0.5, 0.6) is 5.75 Å². The first-order valence-corrected chi connectivity index (χ1v) is 9.42. The highest BCUT2D eigenvalue weighted by Gasteiger charge is 2.32. The summed E-state index contributed by atoms with van der Waals surface area (Å²) in [6.45, 7) is 6.68. The maximum Gasteiger partial charge on any atom is 0.122 e. The van der Waals surface area contributed by atoms with Crippen molar-refractivity contribution in [3.8, 4) is 5.75 Å². The molecule has 0 N–H and O–H groups in total. The second kappa shape index (κ2) is 6.28. The second-order valence-corrected chi connectivity index (χ2v) is 7.84. The summed E-state index contributed by atoms with van der Waals surface area (Å²) in [6.07, 6.45) is 3.89. The smallest absolute Gasteiger partial charge is 0.122 e. The Morgan fingerprint density at radius 1 is 0.962 bits per heavy atom. The predicted molar refractivity (Wildman–Crippen MR) is 111 cm³/mol. The van der Waals surface area contributed by atoms with Crippen molar-refractivity contribution < 1.29 is 4.74 Å². The Bertz CT molecular complexity index is 1000. The standard InChI is InChI=1S/C23H25NO.CH4/c1-14-6-7-17-18(9-14)19-10-15(2)23(25-3)12-21(19)22-13-24-8-4-5-16(24)11-20(17)22;/h6-7,9-10,12,16H,4-5,8,11,13H2,1-3H3;1H4/t16-;/m0./s1. The molecule has 1 saturated heterocycles. The Morgan fingerprint density at radius 2 is 1.77 bits per heavy atom. The van der Waals surface area contributed by atoms with Gasteiger partial charge in [0.2, 0.25) is 0 Å². The van der Waals surface area contributed by atoms with Gasteiger partial charge in [0, 0.05) is 12.6 Å². The molecular weight excluding hydrogens is 318 g/mol. The minimum Gasteiger partial charge on any atom is -0.496 e. The van der Waals surface area contributed by atoms with Crippen molar-refractivity contribution in [3.63, 3.8) is 0 Å². The lowest BCUT2D eigenvalue weighted by Gasteiger charge is -2.33. The summed E-state index contributed by atoms with van der Waals surface area (Å²) in [7, 11) is 1.78. The number of hydrogen-bond donors (Lipinski definition) is 0. The minimum atomic E-state index is 0. The van der Waals surface area contributed by atoms with Gasteiger partial charge >= 0.3 is 0 Å². The van der Waals surface area contributed by atoms with Gasteiger partial charge in [0.05, 0.1) is 7.11 Å². The zero-order valence-electron chi connectivity index (χ0n) is 15.4. The molecule has 1 atom stereocenters. The summed E-state index contributed by atoms with van der Waals surface area (Å²) in [5.74, 6) is 1.00. The van der Waals surface area contributed by atoms with E-state index in [1.807, 2.05) is 0 Å². The van der Waals surface area contributed by atoms with Gasteiger partial charge in [0.1, 0.15) is 5.75 Å². The minimum absolute atomic E-state index is 0. The van der Waals surface area contributed by atoms with E-state index in [-0.39, 0.29) is 7.43 Å². The molecule has 3 aromatic rings. The predicted octanol–water partition coefficient (Wildman–Crippen LogP) is 5.78. The van der Waals surface area contributed by atoms with Crippen molar-refractivity contribution >= 4 is 21.5 Å². The third-order valence-corrected chi connectivity index (χ3v) is 6.31. The van der Waals surface area contributed by atoms with Crippen LogP contribution >= 0.6 is 0 Å². The molecule has 26 heavy (non-hydrogen) atoms. The van der Waals surface area contributed by atoms with Gasteiger partial charge < -0.3 is 4.74 Å². The number of nitrogens with zero attached hydrogens (tertiary/aromatic N) is 1. The van der Waals surface area contributed by atoms with Crippen LogP contribution in [0, 0.1) is 13.8 Å². The van der Waals surface area contributed by atoms with E-state index in [0.717, 1.165) is 18.3 Å². The number of methoxy groups -OCH3 is 1. The van der Waals surface area contributed by atoms with E-state index in [1.165, 1.54) is 64.0 Å². The van der Waals surface area contributed by atoms with E-state index in [2.05, 4.69) is 49.1 Å². The maximum atomic E-state index is 5.65. The molecule has 0 unspecified atom stereocenters. The fraction of sp³-hybridized carbons (Fsp3) is 0.417. The number of benzene rings is 3. The topological polar surface area (TPSA) is 12.5 Å². The lowest BCUT2D eigenvalue weighted by molar-refractivity contribution is 0.229. The van der Waals surface area contributed by atoms with Crippen molar-refractivity contribution in [1.29, 1.82) is 0 Å². The van der Waals surface area contributed by atoms with Gasteiger partial charge in [-0.2, -0.15) is 0 Å². The lowest BCUT2D eigenvalue weighted by atomic mass is 9.84. The quantitative estimate of drug-likeness (QED) is 0.518. The number of ether oxygens (including phenoxy) is 1. The van der Waals surface area contributed by atoms with Crippen LogP contribution in [0.1, 0.15) is 42.5 Å². The number of hydrogen-bond acceptors (Lipinski definition) is 2. The average Bonchev–Trinajstić information content (AvgIpc) is 3.07. The van der Waals surface area contributed by atoms with Crippen molar-refractivity contribution in [2.45, 2.75) is 53.1 Å². The van der Waals surface area contributed by atoms with E-state index >= 15 is 0 Å². The SMILES string of the molecule is C.COc1cc2c3c(c4ccc(C)cc4c2cc1C)C[C@@H]1CCCN1C3. The van der Waals surface area contributed by atoms with Crippen molar-refractivity contribution in [1.82, 2.24) is 4.90 Å². The Kier molecular flexibility index (Phi) is 4.19. The zero-order chi connectivity index (χ0) is 17.1. The number of fused-ring (bicyclic) bond motifs is 7. The van der Waals surface area contributed by atoms with E-state index in [9.17, 15) is 0 Å². The van der Waals surface area contributed by atoms with Gasteiger partial charge in [-0.05, 0) is 90.0 Å². The summed E-state index contributed by atoms with van der Waals surface area (Å²) in [4.78, 5) is 2.69. The van der Waals surface area contributed by atoms with Crippen LogP contribution < -0.4 is 4.74 Å². The van der Waals surface area contributed by atoms with Crippen LogP contribution in [0.4, 0.5) is 0 Å². The first-order chi connectivity index (χ1) is 12.2. The van der Waals surface area contributed by atoms with Gasteiger partial charge in [-0.3, -0.25) is 4.90 Å². The molecule has 2 aliphatic heterocycles. The number of aryl methyl sites for hydroxylation is 2. The summed E-state index contributed by atoms with van der Waals surface area (Å²) in [5.41, 5.74) is 5.66. The molecule has 0 radical (unpaired) electrons. The van der Waals surface area contributed by atoms with Gasteiger partial charge in [0.15, 0.2) is 0 Å². The molecule has 5 rings (SSSR count). The summed E-state index contributed by atoms with van der Waals surface area (Å²) in [5, 5.41) is 5.64. The zero-order valence-corrected chi connectivity index (χ0v) is 15.4. The van der Waals surface area contributed by atoms with Crippen LogP contribution in [0.3, 0.4) is 0 Å². The third kappa shape index (κ3) is 2.43. The molecular formula is C24H29NO. The van der Waals surface area contributed by atoms with Crippen LogP contribution in [-0.4, -0.2) is 24.6 Å². The Balaban J connectivity index is 0.00000168. The molecule has 1 fully saturated rings. The Labute approximate surface area is 156 Å². The highest BCUT2D eigenvalue weighted by atomic mass is 16.5. The summed E-state index contributed by atoms with van der Waals surface area (Å²) >= 11 is 0.